The lowest BCUT2D eigenvalue weighted by atomic mass is 9.70. The van der Waals surface area contributed by atoms with Gasteiger partial charge in [0.15, 0.2) is 0 Å². The van der Waals surface area contributed by atoms with Crippen molar-refractivity contribution < 1.29 is 31.1 Å². The molecule has 3 atom stereocenters. The fourth-order valence-electron chi connectivity index (χ4n) is 6.85. The van der Waals surface area contributed by atoms with Crippen molar-refractivity contribution in [1.82, 2.24) is 9.21 Å². The predicted octanol–water partition coefficient (Wildman–Crippen LogP) is 5.96. The van der Waals surface area contributed by atoms with E-state index in [0.717, 1.165) is 24.1 Å². The number of hydrogen-bond acceptors (Lipinski definition) is 5. The van der Waals surface area contributed by atoms with Crippen molar-refractivity contribution in [3.05, 3.63) is 70.2 Å². The lowest BCUT2D eigenvalue weighted by molar-refractivity contribution is -0.137. The highest BCUT2D eigenvalue weighted by atomic mass is 35.5. The molecule has 3 fully saturated rings. The van der Waals surface area contributed by atoms with E-state index in [2.05, 4.69) is 4.90 Å². The Balaban J connectivity index is 1.22. The molecule has 2 bridgehead atoms. The third kappa shape index (κ3) is 6.09. The zero-order valence-electron chi connectivity index (χ0n) is 23.3. The Morgan fingerprint density at radius 3 is 2.20 bits per heavy atom. The first-order chi connectivity index (χ1) is 19.2. The number of carbonyl (C=O) groups is 1. The molecule has 41 heavy (non-hydrogen) atoms. The summed E-state index contributed by atoms with van der Waals surface area (Å²) in [5.74, 6) is 0.234. The minimum absolute atomic E-state index is 0.0944. The molecule has 5 rings (SSSR count). The molecule has 11 heteroatoms. The van der Waals surface area contributed by atoms with E-state index in [1.165, 1.54) is 16.4 Å². The second-order valence-corrected chi connectivity index (χ2v) is 14.6. The number of Topliss-reactive ketones (excluding diaryl/α,β-unsaturated/α-hetero) is 1. The van der Waals surface area contributed by atoms with E-state index in [4.69, 9.17) is 16.3 Å². The number of ketones is 1. The van der Waals surface area contributed by atoms with Gasteiger partial charge in [-0.15, -0.1) is 0 Å². The average molecular weight is 613 g/mol. The molecule has 3 aliphatic rings. The highest BCUT2D eigenvalue weighted by molar-refractivity contribution is 7.89. The van der Waals surface area contributed by atoms with Gasteiger partial charge in [0.1, 0.15) is 5.78 Å². The number of carbonyl (C=O) groups excluding carboxylic acids is 1. The summed E-state index contributed by atoms with van der Waals surface area (Å²) in [6.07, 6.45) is -2.77. The van der Waals surface area contributed by atoms with Crippen molar-refractivity contribution in [3.63, 3.8) is 0 Å². The Hall–Kier alpha value is -1.98. The van der Waals surface area contributed by atoms with E-state index in [0.29, 0.717) is 56.2 Å². The summed E-state index contributed by atoms with van der Waals surface area (Å²) in [5, 5.41) is 0.575. The Morgan fingerprint density at radius 1 is 1.02 bits per heavy atom. The molecule has 1 unspecified atom stereocenters. The van der Waals surface area contributed by atoms with Gasteiger partial charge in [0.05, 0.1) is 24.0 Å². The van der Waals surface area contributed by atoms with Gasteiger partial charge >= 0.3 is 6.18 Å². The molecular formula is C30H36ClF3N2O4S. The second-order valence-electron chi connectivity index (χ2n) is 12.2. The molecule has 0 amide bonds. The smallest absolute Gasteiger partial charge is 0.368 e. The Labute approximate surface area is 244 Å². The number of alkyl halides is 3. The highest BCUT2D eigenvalue weighted by Crippen LogP contribution is 2.64. The third-order valence-electron chi connectivity index (χ3n) is 9.69. The summed E-state index contributed by atoms with van der Waals surface area (Å²) < 4.78 is 73.6. The van der Waals surface area contributed by atoms with E-state index < -0.39 is 33.3 Å². The summed E-state index contributed by atoms with van der Waals surface area (Å²) in [5.41, 5.74) is -0.329. The summed E-state index contributed by atoms with van der Waals surface area (Å²) >= 11 is 6.08. The molecule has 224 valence electrons. The molecule has 0 spiro atoms. The monoisotopic (exact) mass is 612 g/mol. The maximum absolute atomic E-state index is 13.5. The minimum Gasteiger partial charge on any atom is -0.368 e. The SMILES string of the molecule is CC1(C)[C@H]2CC[C@]1(CS(=O)(=O)N1CCN(CC(OCc3ccc(C(F)(F)F)cc3)c3ccc(Cl)cc3)CC1)C(=O)C2. The van der Waals surface area contributed by atoms with Crippen LogP contribution in [0.15, 0.2) is 48.5 Å². The van der Waals surface area contributed by atoms with E-state index in [1.54, 1.807) is 12.1 Å². The van der Waals surface area contributed by atoms with Crippen molar-refractivity contribution in [3.8, 4) is 0 Å². The number of benzene rings is 2. The Morgan fingerprint density at radius 2 is 1.66 bits per heavy atom. The number of rotatable bonds is 9. The van der Waals surface area contributed by atoms with Crippen LogP contribution in [0.5, 0.6) is 0 Å². The number of sulfonamides is 1. The minimum atomic E-state index is -4.40. The Kier molecular flexibility index (Phi) is 8.37. The summed E-state index contributed by atoms with van der Waals surface area (Å²) in [6, 6.07) is 12.1. The fraction of sp³-hybridized carbons (Fsp3) is 0.567. The zero-order valence-corrected chi connectivity index (χ0v) is 24.9. The summed E-state index contributed by atoms with van der Waals surface area (Å²) in [7, 11) is -3.62. The van der Waals surface area contributed by atoms with Crippen molar-refractivity contribution in [1.29, 1.82) is 0 Å². The van der Waals surface area contributed by atoms with E-state index in [9.17, 15) is 26.4 Å². The average Bonchev–Trinajstić information content (AvgIpc) is 3.26. The quantitative estimate of drug-likeness (QED) is 0.350. The van der Waals surface area contributed by atoms with Crippen LogP contribution in [0.1, 0.15) is 55.9 Å². The van der Waals surface area contributed by atoms with Gasteiger partial charge in [-0.05, 0) is 59.6 Å². The summed E-state index contributed by atoms with van der Waals surface area (Å²) in [6.45, 7) is 6.33. The normalized spacial score (nSPS) is 26.0. The molecule has 2 saturated carbocycles. The van der Waals surface area contributed by atoms with Crippen LogP contribution in [0.25, 0.3) is 0 Å². The Bertz CT molecular complexity index is 1360. The van der Waals surface area contributed by atoms with E-state index >= 15 is 0 Å². The molecular weight excluding hydrogens is 577 g/mol. The molecule has 2 aliphatic carbocycles. The maximum atomic E-state index is 13.5. The number of nitrogens with zero attached hydrogens (tertiary/aromatic N) is 2. The molecule has 0 N–H and O–H groups in total. The number of piperazine rings is 1. The van der Waals surface area contributed by atoms with Gasteiger partial charge in [-0.1, -0.05) is 49.7 Å². The molecule has 6 nitrogen and oxygen atoms in total. The number of halogens is 4. The largest absolute Gasteiger partial charge is 0.416 e. The van der Waals surface area contributed by atoms with Crippen molar-refractivity contribution >= 4 is 27.4 Å². The molecule has 1 aliphatic heterocycles. The van der Waals surface area contributed by atoms with Gasteiger partial charge in [0.2, 0.25) is 10.0 Å². The topological polar surface area (TPSA) is 66.9 Å². The lowest BCUT2D eigenvalue weighted by Gasteiger charge is -2.40. The molecule has 0 radical (unpaired) electrons. The van der Waals surface area contributed by atoms with Crippen molar-refractivity contribution in [2.75, 3.05) is 38.5 Å². The fourth-order valence-corrected chi connectivity index (χ4v) is 9.18. The molecule has 2 aromatic rings. The van der Waals surface area contributed by atoms with Crippen molar-refractivity contribution in [2.45, 2.75) is 52.0 Å². The first-order valence-corrected chi connectivity index (χ1v) is 16.0. The molecule has 0 aromatic heterocycles. The van der Waals surface area contributed by atoms with E-state index in [1.807, 2.05) is 26.0 Å². The van der Waals surface area contributed by atoms with Crippen LogP contribution < -0.4 is 0 Å². The van der Waals surface area contributed by atoms with Crippen LogP contribution in [0.3, 0.4) is 0 Å². The van der Waals surface area contributed by atoms with Gasteiger partial charge < -0.3 is 4.74 Å². The first kappa shape index (κ1) is 30.5. The predicted molar refractivity (Wildman–Crippen MR) is 151 cm³/mol. The highest BCUT2D eigenvalue weighted by Gasteiger charge is 2.65. The van der Waals surface area contributed by atoms with Crippen LogP contribution in [-0.2, 0) is 32.3 Å². The van der Waals surface area contributed by atoms with Gasteiger partial charge in [0.25, 0.3) is 0 Å². The standard InChI is InChI=1S/C30H36ClF3N2O4S/c1-28(2)24-11-12-29(28,27(37)17-24)20-41(38,39)36-15-13-35(14-16-36)18-26(22-5-9-25(31)10-6-22)40-19-21-3-7-23(8-4-21)30(32,33)34/h3-10,24,26H,11-20H2,1-2H3/t24-,26?,29-/m0/s1. The lowest BCUT2D eigenvalue weighted by Crippen LogP contribution is -2.53. The van der Waals surface area contributed by atoms with Gasteiger partial charge in [-0.25, -0.2) is 8.42 Å². The first-order valence-electron chi connectivity index (χ1n) is 14.0. The van der Waals surface area contributed by atoms with E-state index in [-0.39, 0.29) is 29.5 Å². The van der Waals surface area contributed by atoms with Crippen LogP contribution in [0.4, 0.5) is 13.2 Å². The van der Waals surface area contributed by atoms with Gasteiger partial charge in [-0.3, -0.25) is 9.69 Å². The molecule has 2 aromatic carbocycles. The third-order valence-corrected chi connectivity index (χ3v) is 12.0. The zero-order chi connectivity index (χ0) is 29.6. The van der Waals surface area contributed by atoms with Gasteiger partial charge in [-0.2, -0.15) is 17.5 Å². The van der Waals surface area contributed by atoms with Crippen LogP contribution in [0.2, 0.25) is 5.02 Å². The molecule has 1 saturated heterocycles. The van der Waals surface area contributed by atoms with Gasteiger partial charge in [0, 0.05) is 49.6 Å². The summed E-state index contributed by atoms with van der Waals surface area (Å²) in [4.78, 5) is 15.1. The second kappa shape index (κ2) is 11.3. The van der Waals surface area contributed by atoms with Crippen LogP contribution >= 0.6 is 11.6 Å². The maximum Gasteiger partial charge on any atom is 0.416 e. The molecule has 1 heterocycles. The number of ether oxygens (including phenoxy) is 1. The van der Waals surface area contributed by atoms with Crippen LogP contribution in [-0.4, -0.2) is 61.9 Å². The number of hydrogen-bond donors (Lipinski definition) is 0. The van der Waals surface area contributed by atoms with Crippen LogP contribution in [0, 0.1) is 16.7 Å². The van der Waals surface area contributed by atoms with Crippen molar-refractivity contribution in [2.24, 2.45) is 16.7 Å². The number of fused-ring (bicyclic) bond motifs is 2.